The average Bonchev–Trinajstić information content (AvgIpc) is 2.24. The fourth-order valence-electron chi connectivity index (χ4n) is 2.11. The van der Waals surface area contributed by atoms with Gasteiger partial charge >= 0.3 is 0 Å². The van der Waals surface area contributed by atoms with E-state index in [9.17, 15) is 0 Å². The summed E-state index contributed by atoms with van der Waals surface area (Å²) in [6, 6.07) is 0.616. The molecule has 1 aliphatic heterocycles. The molecule has 3 heteroatoms. The van der Waals surface area contributed by atoms with Crippen molar-refractivity contribution >= 4 is 0 Å². The van der Waals surface area contributed by atoms with Gasteiger partial charge in [0.15, 0.2) is 0 Å². The van der Waals surface area contributed by atoms with E-state index in [0.717, 1.165) is 39.1 Å². The molecule has 1 rings (SSSR count). The van der Waals surface area contributed by atoms with Crippen LogP contribution in [0.1, 0.15) is 39.5 Å². The van der Waals surface area contributed by atoms with Crippen molar-refractivity contribution < 1.29 is 9.84 Å². The van der Waals surface area contributed by atoms with Gasteiger partial charge in [-0.25, -0.2) is 0 Å². The van der Waals surface area contributed by atoms with Crippen molar-refractivity contribution in [3.63, 3.8) is 0 Å². The van der Waals surface area contributed by atoms with Crippen molar-refractivity contribution in [1.82, 2.24) is 4.90 Å². The monoisotopic (exact) mass is 215 g/mol. The fourth-order valence-corrected chi connectivity index (χ4v) is 2.11. The second-order valence-corrected chi connectivity index (χ2v) is 4.52. The molecule has 0 aromatic heterocycles. The molecular formula is C12H25NO2. The quantitative estimate of drug-likeness (QED) is 0.684. The standard InChI is InChI=1S/C12H25NO2/c1-3-12-10-15-9-8-13(12)7-5-4-6-11(2)14/h11-12,14H,3-10H2,1-2H3. The number of morpholine rings is 1. The molecule has 90 valence electrons. The zero-order valence-corrected chi connectivity index (χ0v) is 10.1. The van der Waals surface area contributed by atoms with Gasteiger partial charge in [-0.15, -0.1) is 0 Å². The lowest BCUT2D eigenvalue weighted by atomic mass is 10.1. The molecule has 1 heterocycles. The topological polar surface area (TPSA) is 32.7 Å². The van der Waals surface area contributed by atoms with Gasteiger partial charge in [-0.1, -0.05) is 6.92 Å². The van der Waals surface area contributed by atoms with Crippen molar-refractivity contribution in [1.29, 1.82) is 0 Å². The predicted molar refractivity (Wildman–Crippen MR) is 62.0 cm³/mol. The van der Waals surface area contributed by atoms with E-state index in [4.69, 9.17) is 9.84 Å². The Morgan fingerprint density at radius 2 is 2.27 bits per heavy atom. The summed E-state index contributed by atoms with van der Waals surface area (Å²) < 4.78 is 5.47. The Labute approximate surface area is 93.4 Å². The summed E-state index contributed by atoms with van der Waals surface area (Å²) in [5, 5.41) is 9.15. The Morgan fingerprint density at radius 1 is 1.47 bits per heavy atom. The minimum atomic E-state index is -0.142. The molecule has 3 nitrogen and oxygen atoms in total. The molecule has 15 heavy (non-hydrogen) atoms. The Morgan fingerprint density at radius 3 is 2.93 bits per heavy atom. The van der Waals surface area contributed by atoms with Gasteiger partial charge in [0.1, 0.15) is 0 Å². The summed E-state index contributed by atoms with van der Waals surface area (Å²) in [5.74, 6) is 0. The number of unbranched alkanes of at least 4 members (excludes halogenated alkanes) is 1. The summed E-state index contributed by atoms with van der Waals surface area (Å²) in [4.78, 5) is 2.53. The maximum absolute atomic E-state index is 9.15. The molecule has 0 aliphatic carbocycles. The maximum Gasteiger partial charge on any atom is 0.0622 e. The molecule has 0 aromatic rings. The number of rotatable bonds is 6. The highest BCUT2D eigenvalue weighted by atomic mass is 16.5. The number of hydrogen-bond acceptors (Lipinski definition) is 3. The summed E-state index contributed by atoms with van der Waals surface area (Å²) in [6.07, 6.45) is 4.29. The van der Waals surface area contributed by atoms with Crippen LogP contribution < -0.4 is 0 Å². The lowest BCUT2D eigenvalue weighted by Gasteiger charge is -2.35. The second kappa shape index (κ2) is 7.20. The fraction of sp³-hybridized carbons (Fsp3) is 1.00. The van der Waals surface area contributed by atoms with E-state index in [1.54, 1.807) is 0 Å². The second-order valence-electron chi connectivity index (χ2n) is 4.52. The van der Waals surface area contributed by atoms with Crippen molar-refractivity contribution in [2.75, 3.05) is 26.3 Å². The maximum atomic E-state index is 9.15. The van der Waals surface area contributed by atoms with Gasteiger partial charge in [-0.3, -0.25) is 4.90 Å². The van der Waals surface area contributed by atoms with Gasteiger partial charge in [0.25, 0.3) is 0 Å². The predicted octanol–water partition coefficient (Wildman–Crippen LogP) is 1.65. The third kappa shape index (κ3) is 4.96. The van der Waals surface area contributed by atoms with Crippen molar-refractivity contribution in [3.05, 3.63) is 0 Å². The summed E-state index contributed by atoms with van der Waals surface area (Å²) in [5.41, 5.74) is 0. The minimum absolute atomic E-state index is 0.142. The molecule has 0 aromatic carbocycles. The summed E-state index contributed by atoms with van der Waals surface area (Å²) >= 11 is 0. The Kier molecular flexibility index (Phi) is 6.22. The van der Waals surface area contributed by atoms with E-state index in [0.29, 0.717) is 6.04 Å². The third-order valence-corrected chi connectivity index (χ3v) is 3.14. The lowest BCUT2D eigenvalue weighted by Crippen LogP contribution is -2.45. The Hall–Kier alpha value is -0.120. The van der Waals surface area contributed by atoms with Gasteiger partial charge in [0.05, 0.1) is 19.3 Å². The first-order valence-electron chi connectivity index (χ1n) is 6.24. The van der Waals surface area contributed by atoms with E-state index in [1.165, 1.54) is 12.8 Å². The number of ether oxygens (including phenoxy) is 1. The molecule has 0 amide bonds. The SMILES string of the molecule is CCC1COCCN1CCCCC(C)O. The minimum Gasteiger partial charge on any atom is -0.393 e. The Balaban J connectivity index is 2.12. The number of aliphatic hydroxyl groups is 1. The van der Waals surface area contributed by atoms with Gasteiger partial charge in [-0.05, 0) is 39.2 Å². The molecule has 0 saturated carbocycles. The van der Waals surface area contributed by atoms with Crippen molar-refractivity contribution in [3.8, 4) is 0 Å². The molecule has 0 spiro atoms. The summed E-state index contributed by atoms with van der Waals surface area (Å²) in [6.45, 7) is 8.10. The number of nitrogens with zero attached hydrogens (tertiary/aromatic N) is 1. The smallest absolute Gasteiger partial charge is 0.0622 e. The van der Waals surface area contributed by atoms with Crippen LogP contribution in [0.25, 0.3) is 0 Å². The van der Waals surface area contributed by atoms with Crippen LogP contribution in [0.3, 0.4) is 0 Å². The Bertz CT molecular complexity index is 162. The molecular weight excluding hydrogens is 190 g/mol. The molecule has 1 fully saturated rings. The largest absolute Gasteiger partial charge is 0.393 e. The van der Waals surface area contributed by atoms with E-state index < -0.39 is 0 Å². The van der Waals surface area contributed by atoms with Gasteiger partial charge in [0, 0.05) is 12.6 Å². The number of hydrogen-bond donors (Lipinski definition) is 1. The van der Waals surface area contributed by atoms with Crippen LogP contribution in [-0.2, 0) is 4.74 Å². The van der Waals surface area contributed by atoms with Crippen LogP contribution >= 0.6 is 0 Å². The lowest BCUT2D eigenvalue weighted by molar-refractivity contribution is -0.00945. The zero-order valence-electron chi connectivity index (χ0n) is 10.1. The third-order valence-electron chi connectivity index (χ3n) is 3.14. The first-order valence-corrected chi connectivity index (χ1v) is 6.24. The van der Waals surface area contributed by atoms with E-state index in [1.807, 2.05) is 6.92 Å². The van der Waals surface area contributed by atoms with Crippen LogP contribution in [0.5, 0.6) is 0 Å². The van der Waals surface area contributed by atoms with Crippen LogP contribution in [-0.4, -0.2) is 48.5 Å². The van der Waals surface area contributed by atoms with Crippen LogP contribution in [0.4, 0.5) is 0 Å². The first kappa shape index (κ1) is 12.9. The zero-order chi connectivity index (χ0) is 11.1. The molecule has 0 bridgehead atoms. The normalized spacial score (nSPS) is 25.4. The van der Waals surface area contributed by atoms with E-state index in [2.05, 4.69) is 11.8 Å². The van der Waals surface area contributed by atoms with Gasteiger partial charge < -0.3 is 9.84 Å². The van der Waals surface area contributed by atoms with E-state index in [-0.39, 0.29) is 6.10 Å². The van der Waals surface area contributed by atoms with Gasteiger partial charge in [-0.2, -0.15) is 0 Å². The van der Waals surface area contributed by atoms with Crippen molar-refractivity contribution in [2.45, 2.75) is 51.7 Å². The molecule has 1 saturated heterocycles. The molecule has 1 aliphatic rings. The van der Waals surface area contributed by atoms with Crippen LogP contribution in [0.2, 0.25) is 0 Å². The highest BCUT2D eigenvalue weighted by molar-refractivity contribution is 4.73. The highest BCUT2D eigenvalue weighted by Gasteiger charge is 2.20. The first-order chi connectivity index (χ1) is 7.24. The molecule has 1 N–H and O–H groups in total. The highest BCUT2D eigenvalue weighted by Crippen LogP contribution is 2.12. The average molecular weight is 215 g/mol. The van der Waals surface area contributed by atoms with Crippen molar-refractivity contribution in [2.24, 2.45) is 0 Å². The van der Waals surface area contributed by atoms with Crippen LogP contribution in [0, 0.1) is 0 Å². The number of aliphatic hydroxyl groups excluding tert-OH is 1. The van der Waals surface area contributed by atoms with Crippen LogP contribution in [0.15, 0.2) is 0 Å². The van der Waals surface area contributed by atoms with Gasteiger partial charge in [0.2, 0.25) is 0 Å². The molecule has 2 atom stereocenters. The molecule has 0 radical (unpaired) electrons. The van der Waals surface area contributed by atoms with E-state index >= 15 is 0 Å². The summed E-state index contributed by atoms with van der Waals surface area (Å²) in [7, 11) is 0. The molecule has 2 unspecified atom stereocenters.